The van der Waals surface area contributed by atoms with Gasteiger partial charge in [-0.05, 0) is 79.5 Å². The van der Waals surface area contributed by atoms with E-state index in [2.05, 4.69) is 40.8 Å². The molecule has 11 rings (SSSR count). The molecule has 65 heavy (non-hydrogen) atoms. The summed E-state index contributed by atoms with van der Waals surface area (Å²) in [4.78, 5) is 62.7. The number of imide groups is 1. The van der Waals surface area contributed by atoms with Crippen LogP contribution in [-0.4, -0.2) is 122 Å². The molecule has 4 amide bonds. The molecular formula is C46H49F2N11O6. The Morgan fingerprint density at radius 2 is 1.78 bits per heavy atom. The lowest BCUT2D eigenvalue weighted by molar-refractivity contribution is -0.134. The summed E-state index contributed by atoms with van der Waals surface area (Å²) in [5.41, 5.74) is 2.16. The minimum atomic E-state index is -2.87. The molecule has 3 atom stereocenters. The zero-order chi connectivity index (χ0) is 44.3. The van der Waals surface area contributed by atoms with Crippen LogP contribution >= 0.6 is 0 Å². The van der Waals surface area contributed by atoms with Crippen molar-refractivity contribution >= 4 is 68.2 Å². The first kappa shape index (κ1) is 41.4. The lowest BCUT2D eigenvalue weighted by atomic mass is 9.85. The molecule has 4 saturated heterocycles. The summed E-state index contributed by atoms with van der Waals surface area (Å²) in [6.07, 6.45) is 8.67. The smallest absolute Gasteiger partial charge is 0.284 e. The Hall–Kier alpha value is -6.31. The number of alkyl halides is 2. The third-order valence-electron chi connectivity index (χ3n) is 14.0. The summed E-state index contributed by atoms with van der Waals surface area (Å²) >= 11 is 0. The molecule has 1 unspecified atom stereocenters. The van der Waals surface area contributed by atoms with Gasteiger partial charge in [-0.25, -0.2) is 18.3 Å². The van der Waals surface area contributed by atoms with Crippen LogP contribution < -0.4 is 20.9 Å². The summed E-state index contributed by atoms with van der Waals surface area (Å²) < 4.78 is 43.3. The topological polar surface area (TPSA) is 184 Å². The predicted molar refractivity (Wildman–Crippen MR) is 235 cm³/mol. The van der Waals surface area contributed by atoms with E-state index in [1.807, 2.05) is 36.4 Å². The number of benzene rings is 2. The van der Waals surface area contributed by atoms with Gasteiger partial charge in [0, 0.05) is 74.7 Å². The monoisotopic (exact) mass is 889 g/mol. The Bertz CT molecular complexity index is 2830. The quantitative estimate of drug-likeness (QED) is 0.139. The van der Waals surface area contributed by atoms with Crippen molar-refractivity contribution < 1.29 is 37.1 Å². The Morgan fingerprint density at radius 3 is 2.55 bits per heavy atom. The fraction of sp³-hybridized carbons (Fsp3) is 0.457. The van der Waals surface area contributed by atoms with Crippen LogP contribution in [0.3, 0.4) is 0 Å². The van der Waals surface area contributed by atoms with Crippen LogP contribution in [0.1, 0.15) is 84.9 Å². The first-order valence-corrected chi connectivity index (χ1v) is 22.5. The first-order chi connectivity index (χ1) is 31.6. The second-order valence-corrected chi connectivity index (χ2v) is 18.1. The van der Waals surface area contributed by atoms with Gasteiger partial charge in [0.05, 0.1) is 55.4 Å². The Labute approximate surface area is 371 Å². The average Bonchev–Trinajstić information content (AvgIpc) is 4.16. The van der Waals surface area contributed by atoms with Crippen LogP contribution in [0.15, 0.2) is 65.7 Å². The lowest BCUT2D eigenvalue weighted by Crippen LogP contribution is -2.49. The number of piperidine rings is 1. The van der Waals surface area contributed by atoms with Crippen molar-refractivity contribution in [2.75, 3.05) is 68.0 Å². The van der Waals surface area contributed by atoms with Gasteiger partial charge in [-0.15, -0.1) is 0 Å². The molecule has 1 saturated carbocycles. The minimum absolute atomic E-state index is 0.0151. The van der Waals surface area contributed by atoms with E-state index in [0.29, 0.717) is 35.9 Å². The number of carbonyl (C=O) groups is 4. The number of halogens is 2. The highest BCUT2D eigenvalue weighted by Crippen LogP contribution is 2.39. The highest BCUT2D eigenvalue weighted by molar-refractivity contribution is 6.12. The van der Waals surface area contributed by atoms with Crippen molar-refractivity contribution in [3.8, 4) is 0 Å². The summed E-state index contributed by atoms with van der Waals surface area (Å²) in [5, 5.41) is 19.4. The van der Waals surface area contributed by atoms with E-state index in [4.69, 9.17) is 14.1 Å². The second-order valence-electron chi connectivity index (χ2n) is 18.1. The van der Waals surface area contributed by atoms with E-state index in [0.717, 1.165) is 98.9 Å². The zero-order valence-electron chi connectivity index (χ0n) is 35.6. The van der Waals surface area contributed by atoms with E-state index in [-0.39, 0.29) is 60.1 Å². The van der Waals surface area contributed by atoms with Crippen LogP contribution in [0.2, 0.25) is 0 Å². The molecule has 6 aromatic rings. The second kappa shape index (κ2) is 16.9. The van der Waals surface area contributed by atoms with Gasteiger partial charge in [-0.2, -0.15) is 10.2 Å². The minimum Gasteiger partial charge on any atom is -0.464 e. The molecule has 1 aliphatic carbocycles. The van der Waals surface area contributed by atoms with Crippen LogP contribution in [-0.2, 0) is 19.1 Å². The van der Waals surface area contributed by atoms with Crippen molar-refractivity contribution in [1.82, 2.24) is 39.5 Å². The molecular weight excluding hydrogens is 841 g/mol. The van der Waals surface area contributed by atoms with Gasteiger partial charge in [0.25, 0.3) is 12.3 Å². The number of morpholine rings is 1. The summed E-state index contributed by atoms with van der Waals surface area (Å²) in [5.74, 6) is -0.539. The third-order valence-corrected chi connectivity index (χ3v) is 14.0. The van der Waals surface area contributed by atoms with E-state index in [1.165, 1.54) is 16.9 Å². The van der Waals surface area contributed by atoms with Crippen molar-refractivity contribution in [1.29, 1.82) is 0 Å². The molecule has 19 heteroatoms. The predicted octanol–water partition coefficient (Wildman–Crippen LogP) is 5.50. The SMILES string of the molecule is O=C1CCC(c2coc3ccc4cc(NC(=O)CN5CCN(CC6CCC(n7cc(NC(=O)c8cnn9ccc(N%10C[C@H]%11C[C@@H]%10CO%11)nc89)c(C(F)F)n7)CC6)CC5)ccc4c23)C(=O)N1. The average molecular weight is 890 g/mol. The fourth-order valence-corrected chi connectivity index (χ4v) is 10.6. The van der Waals surface area contributed by atoms with Gasteiger partial charge in [-0.1, -0.05) is 12.1 Å². The van der Waals surface area contributed by atoms with Crippen molar-refractivity contribution in [3.05, 3.63) is 78.1 Å². The van der Waals surface area contributed by atoms with E-state index in [9.17, 15) is 28.0 Å². The molecule has 0 radical (unpaired) electrons. The fourth-order valence-electron chi connectivity index (χ4n) is 10.6. The standard InChI is InChI=1S/C46H49F2N11O6/c47-43(48)42-36(51-46(63)34-19-49-58-12-11-38(52-44(34)58)57-21-31-18-30(57)24-64-31)22-59(54-42)29-5-1-26(2-6-29)20-55-13-15-56(16-14-55)23-40(61)50-28-4-7-32-27(17-28)3-9-37-41(32)35(25-65-37)33-8-10-39(60)53-45(33)62/h3-4,7,9,11-12,17,19,22,25-26,29-31,33,43H,1-2,5-6,8,10,13-16,18,20-21,23-24H2,(H,50,61)(H,51,63)(H,53,60,62)/t26?,29?,30-,31-,33?/m1/s1. The number of carbonyl (C=O) groups excluding carboxylic acids is 4. The summed E-state index contributed by atoms with van der Waals surface area (Å²) in [7, 11) is 0. The number of anilines is 3. The molecule has 8 heterocycles. The van der Waals surface area contributed by atoms with Gasteiger partial charge >= 0.3 is 0 Å². The largest absolute Gasteiger partial charge is 0.464 e. The number of ether oxygens (including phenoxy) is 1. The highest BCUT2D eigenvalue weighted by Gasteiger charge is 2.40. The van der Waals surface area contributed by atoms with Crippen molar-refractivity contribution in [2.24, 2.45) is 5.92 Å². The number of furan rings is 1. The number of hydrogen-bond acceptors (Lipinski definition) is 12. The molecule has 3 N–H and O–H groups in total. The Balaban J connectivity index is 0.655. The highest BCUT2D eigenvalue weighted by atomic mass is 19.3. The number of amides is 4. The molecule has 5 fully saturated rings. The third kappa shape index (κ3) is 8.09. The molecule has 17 nitrogen and oxygen atoms in total. The number of nitrogens with one attached hydrogen (secondary N) is 3. The van der Waals surface area contributed by atoms with Crippen molar-refractivity contribution in [3.63, 3.8) is 0 Å². The van der Waals surface area contributed by atoms with Crippen LogP contribution in [0, 0.1) is 5.92 Å². The lowest BCUT2D eigenvalue weighted by Gasteiger charge is -2.38. The maximum Gasteiger partial charge on any atom is 0.284 e. The molecule has 2 bridgehead atoms. The van der Waals surface area contributed by atoms with Crippen LogP contribution in [0.25, 0.3) is 27.4 Å². The van der Waals surface area contributed by atoms with Crippen LogP contribution in [0.5, 0.6) is 0 Å². The normalized spacial score (nSPS) is 24.2. The van der Waals surface area contributed by atoms with E-state index >= 15 is 0 Å². The zero-order valence-corrected chi connectivity index (χ0v) is 35.6. The number of piperazine rings is 1. The van der Waals surface area contributed by atoms with Gasteiger partial charge < -0.3 is 29.6 Å². The number of hydrogen-bond donors (Lipinski definition) is 3. The number of nitrogens with zero attached hydrogens (tertiary/aromatic N) is 8. The van der Waals surface area contributed by atoms with Gasteiger partial charge in [0.15, 0.2) is 11.3 Å². The first-order valence-electron chi connectivity index (χ1n) is 22.5. The maximum absolute atomic E-state index is 14.3. The number of fused-ring (bicyclic) bond motifs is 6. The van der Waals surface area contributed by atoms with Gasteiger partial charge in [0.1, 0.15) is 17.0 Å². The maximum atomic E-state index is 14.3. The van der Waals surface area contributed by atoms with Crippen molar-refractivity contribution in [2.45, 2.75) is 75.5 Å². The Kier molecular flexibility index (Phi) is 10.8. The molecule has 4 aromatic heterocycles. The molecule has 4 aliphatic heterocycles. The van der Waals surface area contributed by atoms with Gasteiger partial charge in [-0.3, -0.25) is 34.1 Å². The van der Waals surface area contributed by atoms with Crippen LogP contribution in [0.4, 0.5) is 26.0 Å². The summed E-state index contributed by atoms with van der Waals surface area (Å²) in [6, 6.07) is 11.6. The Morgan fingerprint density at radius 1 is 0.954 bits per heavy atom. The van der Waals surface area contributed by atoms with E-state index < -0.39 is 23.9 Å². The molecule has 0 spiro atoms. The summed E-state index contributed by atoms with van der Waals surface area (Å²) in [6.45, 7) is 5.80. The number of aromatic nitrogens is 5. The molecule has 2 aromatic carbocycles. The molecule has 5 aliphatic rings. The number of rotatable bonds is 11. The van der Waals surface area contributed by atoms with E-state index in [1.54, 1.807) is 17.1 Å². The molecule has 338 valence electrons. The van der Waals surface area contributed by atoms with Gasteiger partial charge in [0.2, 0.25) is 17.7 Å².